The van der Waals surface area contributed by atoms with Gasteiger partial charge in [0.2, 0.25) is 11.8 Å². The summed E-state index contributed by atoms with van der Waals surface area (Å²) in [5, 5.41) is 10.1. The maximum Gasteiger partial charge on any atom is 0.256 e. The van der Waals surface area contributed by atoms with Gasteiger partial charge in [0.1, 0.15) is 6.04 Å². The van der Waals surface area contributed by atoms with E-state index in [1.54, 1.807) is 4.90 Å². The number of carbonyl (C=O) groups is 3. The van der Waals surface area contributed by atoms with Crippen LogP contribution in [0.25, 0.3) is 23.1 Å². The lowest BCUT2D eigenvalue weighted by Crippen LogP contribution is -2.43. The topological polar surface area (TPSA) is 106 Å². The largest absolute Gasteiger partial charge is 0.361 e. The first-order chi connectivity index (χ1) is 20.0. The molecule has 2 saturated heterocycles. The smallest absolute Gasteiger partial charge is 0.256 e. The number of nitrogens with zero attached hydrogens (tertiary/aromatic N) is 1. The molecule has 3 heterocycles. The van der Waals surface area contributed by atoms with Crippen molar-refractivity contribution in [2.45, 2.75) is 37.8 Å². The number of rotatable bonds is 7. The fourth-order valence-electron chi connectivity index (χ4n) is 5.61. The van der Waals surface area contributed by atoms with Crippen LogP contribution < -0.4 is 16.0 Å². The molecule has 0 radical (unpaired) electrons. The van der Waals surface area contributed by atoms with Gasteiger partial charge in [-0.1, -0.05) is 48.6 Å². The lowest BCUT2D eigenvalue weighted by Gasteiger charge is -2.24. The van der Waals surface area contributed by atoms with Crippen LogP contribution >= 0.6 is 0 Å². The van der Waals surface area contributed by atoms with Crippen LogP contribution in [-0.4, -0.2) is 52.8 Å². The Morgan fingerprint density at radius 2 is 1.46 bits per heavy atom. The SMILES string of the molecule is O=C(Nc1ccc(/C=C/c2ccc(NC(=O)[C@@H]3CCCN3C(=O)c3cccc4cc[nH]c34)cc2)cc1)[C@@H]1CCCN1. The lowest BCUT2D eigenvalue weighted by atomic mass is 10.1. The molecule has 4 aromatic rings. The fraction of sp³-hybridized carbons (Fsp3) is 0.242. The van der Waals surface area contributed by atoms with E-state index >= 15 is 0 Å². The van der Waals surface area contributed by atoms with Gasteiger partial charge in [0.15, 0.2) is 0 Å². The second-order valence-electron chi connectivity index (χ2n) is 10.6. The molecule has 4 N–H and O–H groups in total. The predicted molar refractivity (Wildman–Crippen MR) is 162 cm³/mol. The summed E-state index contributed by atoms with van der Waals surface area (Å²) in [5.41, 5.74) is 4.86. The van der Waals surface area contributed by atoms with E-state index in [4.69, 9.17) is 0 Å². The van der Waals surface area contributed by atoms with Crippen LogP contribution in [0.4, 0.5) is 11.4 Å². The number of hydrogen-bond acceptors (Lipinski definition) is 4. The maximum absolute atomic E-state index is 13.4. The van der Waals surface area contributed by atoms with Crippen molar-refractivity contribution in [3.63, 3.8) is 0 Å². The van der Waals surface area contributed by atoms with Gasteiger partial charge in [-0.15, -0.1) is 0 Å². The number of fused-ring (bicyclic) bond motifs is 1. The Bertz CT molecular complexity index is 1580. The number of benzene rings is 3. The molecule has 0 saturated carbocycles. The van der Waals surface area contributed by atoms with Gasteiger partial charge in [-0.3, -0.25) is 14.4 Å². The highest BCUT2D eigenvalue weighted by molar-refractivity contribution is 6.08. The number of aromatic amines is 1. The number of para-hydroxylation sites is 1. The normalized spacial score (nSPS) is 18.7. The van der Waals surface area contributed by atoms with E-state index in [2.05, 4.69) is 20.9 Å². The molecule has 0 aliphatic carbocycles. The molecule has 41 heavy (non-hydrogen) atoms. The Morgan fingerprint density at radius 3 is 2.12 bits per heavy atom. The third kappa shape index (κ3) is 5.93. The molecular weight excluding hydrogens is 514 g/mol. The van der Waals surface area contributed by atoms with Gasteiger partial charge in [-0.25, -0.2) is 0 Å². The summed E-state index contributed by atoms with van der Waals surface area (Å²) < 4.78 is 0. The Balaban J connectivity index is 1.05. The first kappa shape index (κ1) is 26.5. The average Bonchev–Trinajstić information content (AvgIpc) is 3.79. The molecular formula is C33H33N5O3. The number of nitrogens with one attached hydrogen (secondary N) is 4. The summed E-state index contributed by atoms with van der Waals surface area (Å²) in [7, 11) is 0. The van der Waals surface area contributed by atoms with E-state index in [1.165, 1.54) is 0 Å². The van der Waals surface area contributed by atoms with Crippen molar-refractivity contribution >= 4 is 52.2 Å². The van der Waals surface area contributed by atoms with Crippen molar-refractivity contribution in [1.82, 2.24) is 15.2 Å². The van der Waals surface area contributed by atoms with Gasteiger partial charge in [0.25, 0.3) is 5.91 Å². The van der Waals surface area contributed by atoms with Crippen LogP contribution in [0.5, 0.6) is 0 Å². The molecule has 2 aliphatic heterocycles. The van der Waals surface area contributed by atoms with Crippen LogP contribution in [0.2, 0.25) is 0 Å². The van der Waals surface area contributed by atoms with Gasteiger partial charge in [0.05, 0.1) is 17.1 Å². The molecule has 6 rings (SSSR count). The number of H-pyrrole nitrogens is 1. The van der Waals surface area contributed by atoms with Gasteiger partial charge in [-0.05, 0) is 79.8 Å². The lowest BCUT2D eigenvalue weighted by molar-refractivity contribution is -0.120. The van der Waals surface area contributed by atoms with E-state index in [1.807, 2.05) is 91.1 Å². The quantitative estimate of drug-likeness (QED) is 0.237. The van der Waals surface area contributed by atoms with Crippen molar-refractivity contribution < 1.29 is 14.4 Å². The molecule has 3 amide bonds. The summed E-state index contributed by atoms with van der Waals surface area (Å²) in [4.78, 5) is 43.7. The van der Waals surface area contributed by atoms with Crippen LogP contribution in [0.15, 0.2) is 79.0 Å². The number of likely N-dealkylation sites (tertiary alicyclic amines) is 1. The number of carbonyl (C=O) groups excluding carboxylic acids is 3. The van der Waals surface area contributed by atoms with Crippen molar-refractivity contribution in [3.8, 4) is 0 Å². The third-order valence-corrected chi connectivity index (χ3v) is 7.84. The van der Waals surface area contributed by atoms with Crippen LogP contribution in [0, 0.1) is 0 Å². The van der Waals surface area contributed by atoms with Crippen molar-refractivity contribution in [3.05, 3.63) is 95.7 Å². The van der Waals surface area contributed by atoms with Crippen LogP contribution in [-0.2, 0) is 9.59 Å². The van der Waals surface area contributed by atoms with Gasteiger partial charge in [-0.2, -0.15) is 0 Å². The molecule has 8 heteroatoms. The van der Waals surface area contributed by atoms with Crippen molar-refractivity contribution in [2.75, 3.05) is 23.7 Å². The summed E-state index contributed by atoms with van der Waals surface area (Å²) >= 11 is 0. The number of anilines is 2. The number of amides is 3. The minimum absolute atomic E-state index is 0.0134. The highest BCUT2D eigenvalue weighted by Crippen LogP contribution is 2.25. The average molecular weight is 548 g/mol. The zero-order valence-corrected chi connectivity index (χ0v) is 22.7. The molecule has 3 aromatic carbocycles. The summed E-state index contributed by atoms with van der Waals surface area (Å²) in [6.45, 7) is 1.45. The molecule has 2 aliphatic rings. The molecule has 2 atom stereocenters. The second kappa shape index (κ2) is 11.8. The zero-order chi connectivity index (χ0) is 28.2. The third-order valence-electron chi connectivity index (χ3n) is 7.84. The van der Waals surface area contributed by atoms with Gasteiger partial charge >= 0.3 is 0 Å². The number of aromatic nitrogens is 1. The molecule has 8 nitrogen and oxygen atoms in total. The maximum atomic E-state index is 13.4. The molecule has 208 valence electrons. The standard InChI is InChI=1S/C33H33N5O3/c39-31(28-6-2-19-34-28)36-25-14-10-22(11-15-25)8-9-23-12-16-26(17-13-23)37-32(40)29-7-3-21-38(29)33(41)27-5-1-4-24-18-20-35-30(24)27/h1,4-5,8-18,20,28-29,34-35H,2-3,6-7,19,21H2,(H,36,39)(H,37,40)/b9-8+/t28-,29-/m0/s1. The molecule has 0 unspecified atom stereocenters. The van der Waals surface area contributed by atoms with E-state index in [9.17, 15) is 14.4 Å². The van der Waals surface area contributed by atoms with E-state index in [0.717, 1.165) is 53.5 Å². The first-order valence-corrected chi connectivity index (χ1v) is 14.2. The highest BCUT2D eigenvalue weighted by atomic mass is 16.2. The van der Waals surface area contributed by atoms with Crippen LogP contribution in [0.1, 0.15) is 47.2 Å². The van der Waals surface area contributed by atoms with Gasteiger partial charge < -0.3 is 25.8 Å². The number of hydrogen-bond donors (Lipinski definition) is 4. The van der Waals surface area contributed by atoms with E-state index in [-0.39, 0.29) is 23.8 Å². The Labute approximate surface area is 238 Å². The Hall–Kier alpha value is -4.69. The minimum Gasteiger partial charge on any atom is -0.361 e. The van der Waals surface area contributed by atoms with Gasteiger partial charge in [0, 0.05) is 29.5 Å². The molecule has 2 fully saturated rings. The predicted octanol–water partition coefficient (Wildman–Crippen LogP) is 5.27. The Morgan fingerprint density at radius 1 is 0.780 bits per heavy atom. The van der Waals surface area contributed by atoms with E-state index < -0.39 is 6.04 Å². The highest BCUT2D eigenvalue weighted by Gasteiger charge is 2.35. The molecule has 1 aromatic heterocycles. The first-order valence-electron chi connectivity index (χ1n) is 14.2. The molecule has 0 bridgehead atoms. The molecule has 0 spiro atoms. The van der Waals surface area contributed by atoms with Crippen molar-refractivity contribution in [2.24, 2.45) is 0 Å². The van der Waals surface area contributed by atoms with E-state index in [0.29, 0.717) is 24.2 Å². The minimum atomic E-state index is -0.505. The summed E-state index contributed by atoms with van der Waals surface area (Å²) in [6, 6.07) is 22.3. The Kier molecular flexibility index (Phi) is 7.65. The monoisotopic (exact) mass is 547 g/mol. The summed E-state index contributed by atoms with van der Waals surface area (Å²) in [5.74, 6) is -0.287. The second-order valence-corrected chi connectivity index (χ2v) is 10.6. The van der Waals surface area contributed by atoms with Crippen molar-refractivity contribution in [1.29, 1.82) is 0 Å². The summed E-state index contributed by atoms with van der Waals surface area (Å²) in [6.07, 6.45) is 9.16. The van der Waals surface area contributed by atoms with Crippen LogP contribution in [0.3, 0.4) is 0 Å². The fourth-order valence-corrected chi connectivity index (χ4v) is 5.61. The zero-order valence-electron chi connectivity index (χ0n) is 22.7.